The highest BCUT2D eigenvalue weighted by Crippen LogP contribution is 2.25. The van der Waals surface area contributed by atoms with E-state index in [9.17, 15) is 4.79 Å². The number of thiocarbonyl (C=S) groups is 1. The third-order valence-corrected chi connectivity index (χ3v) is 4.10. The van der Waals surface area contributed by atoms with Gasteiger partial charge in [-0.3, -0.25) is 4.79 Å². The van der Waals surface area contributed by atoms with Gasteiger partial charge in [-0.05, 0) is 24.3 Å². The van der Waals surface area contributed by atoms with Gasteiger partial charge in [0.1, 0.15) is 0 Å². The van der Waals surface area contributed by atoms with Crippen molar-refractivity contribution in [2.24, 2.45) is 5.73 Å². The van der Waals surface area contributed by atoms with E-state index in [2.05, 4.69) is 0 Å². The number of para-hydroxylation sites is 1. The smallest absolute Gasteiger partial charge is 0.268 e. The topological polar surface area (TPSA) is 46.3 Å². The van der Waals surface area contributed by atoms with Gasteiger partial charge in [0, 0.05) is 18.7 Å². The Balaban J connectivity index is 2.26. The summed E-state index contributed by atoms with van der Waals surface area (Å²) in [6, 6.07) is 12.9. The third-order valence-electron chi connectivity index (χ3n) is 2.68. The monoisotopic (exact) mass is 324 g/mol. The van der Waals surface area contributed by atoms with E-state index in [1.54, 1.807) is 17.0 Å². The fourth-order valence-electron chi connectivity index (χ4n) is 1.74. The van der Waals surface area contributed by atoms with Crippen LogP contribution in [-0.2, 0) is 0 Å². The second kappa shape index (κ2) is 6.83. The fraction of sp³-hybridized carbons (Fsp3) is 0.143. The molecule has 2 rings (SSSR count). The summed E-state index contributed by atoms with van der Waals surface area (Å²) in [4.78, 5) is 15.2. The van der Waals surface area contributed by atoms with Crippen LogP contribution in [-0.4, -0.2) is 17.4 Å². The van der Waals surface area contributed by atoms with E-state index in [0.717, 1.165) is 5.69 Å². The fourth-order valence-corrected chi connectivity index (χ4v) is 2.82. The molecule has 6 heteroatoms. The van der Waals surface area contributed by atoms with E-state index in [0.29, 0.717) is 27.2 Å². The van der Waals surface area contributed by atoms with E-state index in [-0.39, 0.29) is 5.91 Å². The van der Waals surface area contributed by atoms with Crippen LogP contribution in [0, 0.1) is 0 Å². The van der Waals surface area contributed by atoms with Gasteiger partial charge in [-0.25, -0.2) is 0 Å². The number of nitrogens with two attached hydrogens (primary N) is 1. The number of carbonyl (C=O) groups excluding carboxylic acids is 1. The Hall–Kier alpha value is -1.43. The number of hydrogen-bond donors (Lipinski definition) is 1. The van der Waals surface area contributed by atoms with Gasteiger partial charge >= 0.3 is 0 Å². The molecule has 0 aliphatic heterocycles. The van der Waals surface area contributed by atoms with Crippen molar-refractivity contribution in [3.63, 3.8) is 0 Å². The number of hydrogen-bond acceptors (Lipinski definition) is 3. The van der Waals surface area contributed by atoms with Crippen LogP contribution in [0.1, 0.15) is 16.1 Å². The molecular formula is C14H13ClN2OS2. The lowest BCUT2D eigenvalue weighted by atomic mass is 10.2. The van der Waals surface area contributed by atoms with Gasteiger partial charge < -0.3 is 10.6 Å². The summed E-state index contributed by atoms with van der Waals surface area (Å²) in [5.74, 6) is -0.0932. The van der Waals surface area contributed by atoms with Crippen molar-refractivity contribution in [3.05, 3.63) is 51.7 Å². The maximum Gasteiger partial charge on any atom is 0.268 e. The molecule has 20 heavy (non-hydrogen) atoms. The number of anilines is 1. The van der Waals surface area contributed by atoms with Crippen molar-refractivity contribution in [2.45, 2.75) is 6.42 Å². The summed E-state index contributed by atoms with van der Waals surface area (Å²) >= 11 is 12.0. The molecule has 1 amide bonds. The van der Waals surface area contributed by atoms with Gasteiger partial charge in [-0.1, -0.05) is 42.0 Å². The third kappa shape index (κ3) is 3.79. The zero-order valence-electron chi connectivity index (χ0n) is 10.6. The highest BCUT2D eigenvalue weighted by molar-refractivity contribution is 7.80. The number of thiophene rings is 1. The molecule has 1 heterocycles. The number of rotatable bonds is 5. The summed E-state index contributed by atoms with van der Waals surface area (Å²) in [5, 5.41) is 0. The molecule has 0 unspecified atom stereocenters. The molecule has 1 aromatic heterocycles. The Morgan fingerprint density at radius 2 is 1.95 bits per heavy atom. The first kappa shape index (κ1) is 15.0. The molecule has 1 aromatic carbocycles. The summed E-state index contributed by atoms with van der Waals surface area (Å²) in [6.45, 7) is 0.452. The van der Waals surface area contributed by atoms with Gasteiger partial charge in [0.2, 0.25) is 0 Å². The summed E-state index contributed by atoms with van der Waals surface area (Å²) in [7, 11) is 0. The first-order valence-electron chi connectivity index (χ1n) is 5.98. The molecule has 2 N–H and O–H groups in total. The number of carbonyl (C=O) groups is 1. The van der Waals surface area contributed by atoms with Crippen molar-refractivity contribution < 1.29 is 4.79 Å². The number of halogens is 1. The van der Waals surface area contributed by atoms with Gasteiger partial charge in [0.05, 0.1) is 14.2 Å². The van der Waals surface area contributed by atoms with E-state index in [1.165, 1.54) is 11.3 Å². The lowest BCUT2D eigenvalue weighted by Crippen LogP contribution is -2.33. The van der Waals surface area contributed by atoms with E-state index in [1.807, 2.05) is 30.3 Å². The largest absolute Gasteiger partial charge is 0.393 e. The Morgan fingerprint density at radius 1 is 1.25 bits per heavy atom. The average Bonchev–Trinajstić information content (AvgIpc) is 2.86. The van der Waals surface area contributed by atoms with Crippen molar-refractivity contribution >= 4 is 51.7 Å². The van der Waals surface area contributed by atoms with E-state index < -0.39 is 0 Å². The average molecular weight is 325 g/mol. The summed E-state index contributed by atoms with van der Waals surface area (Å²) in [5.41, 5.74) is 6.35. The van der Waals surface area contributed by atoms with Crippen molar-refractivity contribution in [1.29, 1.82) is 0 Å². The van der Waals surface area contributed by atoms with Crippen LogP contribution < -0.4 is 10.6 Å². The number of nitrogens with zero attached hydrogens (tertiary/aromatic N) is 1. The van der Waals surface area contributed by atoms with Crippen molar-refractivity contribution in [1.82, 2.24) is 0 Å². The number of benzene rings is 1. The van der Waals surface area contributed by atoms with Gasteiger partial charge in [-0.15, -0.1) is 11.3 Å². The van der Waals surface area contributed by atoms with Crippen LogP contribution in [0.2, 0.25) is 4.34 Å². The molecule has 0 fully saturated rings. The van der Waals surface area contributed by atoms with Crippen molar-refractivity contribution in [3.8, 4) is 0 Å². The minimum absolute atomic E-state index is 0.0932. The standard InChI is InChI=1S/C14H13ClN2OS2/c15-12-7-6-11(20-12)14(18)17(9-8-13(16)19)10-4-2-1-3-5-10/h1-7H,8-9H2,(H2,16,19). The lowest BCUT2D eigenvalue weighted by Gasteiger charge is -2.22. The molecule has 0 aliphatic rings. The Morgan fingerprint density at radius 3 is 2.50 bits per heavy atom. The number of amides is 1. The van der Waals surface area contributed by atoms with Gasteiger partial charge in [0.15, 0.2) is 0 Å². The van der Waals surface area contributed by atoms with Crippen LogP contribution >= 0.6 is 35.2 Å². The molecule has 0 bridgehead atoms. The first-order valence-corrected chi connectivity index (χ1v) is 7.59. The Labute approximate surface area is 132 Å². The van der Waals surface area contributed by atoms with Crippen LogP contribution in [0.25, 0.3) is 0 Å². The summed E-state index contributed by atoms with van der Waals surface area (Å²) < 4.78 is 0.593. The Kier molecular flexibility index (Phi) is 5.11. The molecule has 0 radical (unpaired) electrons. The SMILES string of the molecule is NC(=S)CCN(C(=O)c1ccc(Cl)s1)c1ccccc1. The minimum atomic E-state index is -0.0932. The minimum Gasteiger partial charge on any atom is -0.393 e. The van der Waals surface area contributed by atoms with Crippen LogP contribution in [0.3, 0.4) is 0 Å². The molecule has 104 valence electrons. The first-order chi connectivity index (χ1) is 9.58. The normalized spacial score (nSPS) is 10.2. The maximum absolute atomic E-state index is 12.6. The highest BCUT2D eigenvalue weighted by Gasteiger charge is 2.19. The molecule has 0 saturated heterocycles. The zero-order valence-corrected chi connectivity index (χ0v) is 13.0. The molecule has 0 spiro atoms. The Bertz CT molecular complexity index is 613. The summed E-state index contributed by atoms with van der Waals surface area (Å²) in [6.07, 6.45) is 0.481. The second-order valence-corrected chi connectivity index (χ2v) is 6.35. The predicted molar refractivity (Wildman–Crippen MR) is 88.8 cm³/mol. The lowest BCUT2D eigenvalue weighted by molar-refractivity contribution is 0.0991. The molecule has 3 nitrogen and oxygen atoms in total. The van der Waals surface area contributed by atoms with E-state index >= 15 is 0 Å². The van der Waals surface area contributed by atoms with Gasteiger partial charge in [-0.2, -0.15) is 0 Å². The quantitative estimate of drug-likeness (QED) is 0.852. The van der Waals surface area contributed by atoms with Crippen LogP contribution in [0.5, 0.6) is 0 Å². The molecule has 0 aliphatic carbocycles. The second-order valence-electron chi connectivity index (χ2n) is 4.11. The van der Waals surface area contributed by atoms with E-state index in [4.69, 9.17) is 29.6 Å². The van der Waals surface area contributed by atoms with Crippen molar-refractivity contribution in [2.75, 3.05) is 11.4 Å². The molecule has 0 atom stereocenters. The predicted octanol–water partition coefficient (Wildman–Crippen LogP) is 3.72. The maximum atomic E-state index is 12.6. The highest BCUT2D eigenvalue weighted by atomic mass is 35.5. The molecule has 2 aromatic rings. The zero-order chi connectivity index (χ0) is 14.5. The van der Waals surface area contributed by atoms with Crippen LogP contribution in [0.4, 0.5) is 5.69 Å². The molecular weight excluding hydrogens is 312 g/mol. The van der Waals surface area contributed by atoms with Gasteiger partial charge in [0.25, 0.3) is 5.91 Å². The van der Waals surface area contributed by atoms with Crippen LogP contribution in [0.15, 0.2) is 42.5 Å². The molecule has 0 saturated carbocycles.